The predicted octanol–water partition coefficient (Wildman–Crippen LogP) is 1.86. The molecule has 1 atom stereocenters. The third-order valence-corrected chi connectivity index (χ3v) is 5.06. The summed E-state index contributed by atoms with van der Waals surface area (Å²) >= 11 is 0. The number of hydrogen-bond donors (Lipinski definition) is 1. The molecule has 2 saturated heterocycles. The lowest BCUT2D eigenvalue weighted by Gasteiger charge is -2.36. The molecule has 2 heterocycles. The number of piperidine rings is 1. The lowest BCUT2D eigenvalue weighted by Crippen LogP contribution is -2.55. The molecule has 9 nitrogen and oxygen atoms in total. The highest BCUT2D eigenvalue weighted by molar-refractivity contribution is 6.15. The van der Waals surface area contributed by atoms with Crippen LogP contribution in [0, 0.1) is 5.41 Å². The van der Waals surface area contributed by atoms with E-state index in [4.69, 9.17) is 14.6 Å². The molecular weight excluding hydrogens is 392 g/mol. The van der Waals surface area contributed by atoms with Crippen LogP contribution in [0.5, 0.6) is 5.75 Å². The van der Waals surface area contributed by atoms with Gasteiger partial charge < -0.3 is 19.5 Å². The van der Waals surface area contributed by atoms with Crippen LogP contribution in [-0.2, 0) is 19.1 Å². The molecule has 2 aliphatic heterocycles. The second-order valence-electron chi connectivity index (χ2n) is 8.52. The van der Waals surface area contributed by atoms with Crippen LogP contribution in [0.15, 0.2) is 24.3 Å². The minimum atomic E-state index is -1.14. The quantitative estimate of drug-likeness (QED) is 0.743. The maximum atomic E-state index is 13.2. The summed E-state index contributed by atoms with van der Waals surface area (Å²) < 4.78 is 10.5. The minimum Gasteiger partial charge on any atom is -0.491 e. The van der Waals surface area contributed by atoms with Gasteiger partial charge in [0, 0.05) is 25.1 Å². The molecule has 30 heavy (non-hydrogen) atoms. The smallest absolute Gasteiger partial charge is 0.424 e. The van der Waals surface area contributed by atoms with Crippen LogP contribution in [0.2, 0.25) is 0 Å². The molecule has 2 fully saturated rings. The molecule has 0 radical (unpaired) electrons. The molecule has 0 saturated carbocycles. The molecular formula is C21H26N2O7. The second kappa shape index (κ2) is 8.06. The Morgan fingerprint density at radius 3 is 2.40 bits per heavy atom. The van der Waals surface area contributed by atoms with Crippen molar-refractivity contribution in [3.63, 3.8) is 0 Å². The van der Waals surface area contributed by atoms with Crippen LogP contribution in [0.4, 0.5) is 10.5 Å². The highest BCUT2D eigenvalue weighted by Crippen LogP contribution is 2.43. The van der Waals surface area contributed by atoms with Crippen molar-refractivity contribution in [3.05, 3.63) is 24.3 Å². The summed E-state index contributed by atoms with van der Waals surface area (Å²) in [5, 5.41) is 8.83. The van der Waals surface area contributed by atoms with Crippen LogP contribution in [0.25, 0.3) is 0 Å². The molecule has 2 aliphatic rings. The Hall–Kier alpha value is -2.94. The lowest BCUT2D eigenvalue weighted by molar-refractivity contribution is -0.155. The predicted molar refractivity (Wildman–Crippen MR) is 106 cm³/mol. The number of benzene rings is 1. The van der Waals surface area contributed by atoms with Crippen LogP contribution in [-0.4, -0.2) is 59.2 Å². The number of amides is 4. The molecule has 0 aromatic heterocycles. The second-order valence-corrected chi connectivity index (χ2v) is 8.52. The fourth-order valence-electron chi connectivity index (χ4n) is 3.67. The molecule has 1 aromatic carbocycles. The van der Waals surface area contributed by atoms with E-state index in [0.29, 0.717) is 16.3 Å². The van der Waals surface area contributed by atoms with E-state index < -0.39 is 28.9 Å². The van der Waals surface area contributed by atoms with Gasteiger partial charge in [-0.3, -0.25) is 14.4 Å². The van der Waals surface area contributed by atoms with Crippen molar-refractivity contribution in [3.8, 4) is 5.75 Å². The van der Waals surface area contributed by atoms with E-state index in [9.17, 15) is 19.2 Å². The number of likely N-dealkylation sites (tertiary alicyclic amines) is 1. The van der Waals surface area contributed by atoms with Gasteiger partial charge in [-0.25, -0.2) is 4.79 Å². The van der Waals surface area contributed by atoms with Crippen molar-refractivity contribution >= 4 is 29.5 Å². The number of nitrogens with zero attached hydrogens (tertiary/aromatic N) is 2. The summed E-state index contributed by atoms with van der Waals surface area (Å²) in [7, 11) is 0. The van der Waals surface area contributed by atoms with E-state index in [-0.39, 0.29) is 44.9 Å². The normalized spacial score (nSPS) is 22.1. The van der Waals surface area contributed by atoms with Gasteiger partial charge in [0.2, 0.25) is 17.7 Å². The molecule has 3 rings (SSSR count). The monoisotopic (exact) mass is 418 g/mol. The number of aliphatic hydroxyl groups excluding tert-OH is 1. The van der Waals surface area contributed by atoms with Gasteiger partial charge in [-0.15, -0.1) is 0 Å². The third-order valence-electron chi connectivity index (χ3n) is 5.06. The van der Waals surface area contributed by atoms with Crippen LogP contribution in [0.3, 0.4) is 0 Å². The molecule has 1 N–H and O–H groups in total. The summed E-state index contributed by atoms with van der Waals surface area (Å²) in [5.74, 6) is -1.02. The Morgan fingerprint density at radius 1 is 1.13 bits per heavy atom. The zero-order valence-electron chi connectivity index (χ0n) is 17.3. The van der Waals surface area contributed by atoms with Crippen LogP contribution >= 0.6 is 0 Å². The van der Waals surface area contributed by atoms with Gasteiger partial charge in [0.15, 0.2) is 0 Å². The Kier molecular flexibility index (Phi) is 5.85. The van der Waals surface area contributed by atoms with E-state index in [1.54, 1.807) is 45.0 Å². The average Bonchev–Trinajstić information content (AvgIpc) is 3.00. The Labute approximate surface area is 174 Å². The number of anilines is 1. The highest BCUT2D eigenvalue weighted by atomic mass is 16.6. The van der Waals surface area contributed by atoms with Gasteiger partial charge >= 0.3 is 6.09 Å². The summed E-state index contributed by atoms with van der Waals surface area (Å²) in [4.78, 5) is 52.7. The molecule has 1 aromatic rings. The fourth-order valence-corrected chi connectivity index (χ4v) is 3.67. The largest absolute Gasteiger partial charge is 0.491 e. The number of aliphatic hydroxyl groups is 1. The van der Waals surface area contributed by atoms with Crippen molar-refractivity contribution in [2.45, 2.75) is 45.6 Å². The first-order valence-electron chi connectivity index (χ1n) is 9.81. The molecule has 4 amide bonds. The van der Waals surface area contributed by atoms with Crippen molar-refractivity contribution in [1.29, 1.82) is 0 Å². The van der Waals surface area contributed by atoms with Crippen molar-refractivity contribution < 1.29 is 33.8 Å². The summed E-state index contributed by atoms with van der Waals surface area (Å²) in [6.07, 6.45) is -0.904. The van der Waals surface area contributed by atoms with Gasteiger partial charge in [0.05, 0.1) is 12.0 Å². The zero-order chi connectivity index (χ0) is 22.1. The number of carbonyl (C=O) groups excluding carboxylic acids is 4. The maximum absolute atomic E-state index is 13.2. The number of carbonyl (C=O) groups is 4. The molecule has 0 aliphatic carbocycles. The number of imide groups is 3. The summed E-state index contributed by atoms with van der Waals surface area (Å²) in [6.45, 7) is 5.07. The Morgan fingerprint density at radius 2 is 1.80 bits per heavy atom. The van der Waals surface area contributed by atoms with Crippen LogP contribution in [0.1, 0.15) is 40.0 Å². The standard InChI is InChI=1S/C21H26N2O7/c1-20(2,3)30-19(28)23-16(25)8-9-21(18(23)27)12-17(26)22(13-21)14-4-6-15(7-5-14)29-11-10-24/h4-7,24H,8-13H2,1-3H3. The fraction of sp³-hybridized carbons (Fsp3) is 0.524. The lowest BCUT2D eigenvalue weighted by atomic mass is 9.78. The van der Waals surface area contributed by atoms with Gasteiger partial charge in [-0.05, 0) is 51.5 Å². The van der Waals surface area contributed by atoms with E-state index in [2.05, 4.69) is 0 Å². The Balaban J connectivity index is 1.79. The van der Waals surface area contributed by atoms with E-state index >= 15 is 0 Å². The summed E-state index contributed by atoms with van der Waals surface area (Å²) in [5.41, 5.74) is -1.42. The van der Waals surface area contributed by atoms with Gasteiger partial charge in [0.1, 0.15) is 18.0 Å². The SMILES string of the molecule is CC(C)(C)OC(=O)N1C(=O)CCC2(CC(=O)N(c3ccc(OCCO)cc3)C2)C1=O. The molecule has 1 unspecified atom stereocenters. The van der Waals surface area contributed by atoms with Crippen molar-refractivity contribution in [2.24, 2.45) is 5.41 Å². The van der Waals surface area contributed by atoms with Gasteiger partial charge in [0.25, 0.3) is 0 Å². The van der Waals surface area contributed by atoms with Crippen molar-refractivity contribution in [1.82, 2.24) is 4.90 Å². The Bertz CT molecular complexity index is 859. The third kappa shape index (κ3) is 4.30. The molecule has 9 heteroatoms. The first-order valence-corrected chi connectivity index (χ1v) is 9.81. The average molecular weight is 418 g/mol. The number of rotatable bonds is 4. The number of hydrogen-bond acceptors (Lipinski definition) is 7. The van der Waals surface area contributed by atoms with Crippen molar-refractivity contribution in [2.75, 3.05) is 24.7 Å². The topological polar surface area (TPSA) is 113 Å². The van der Waals surface area contributed by atoms with E-state index in [0.717, 1.165) is 0 Å². The molecule has 0 bridgehead atoms. The maximum Gasteiger partial charge on any atom is 0.424 e. The highest BCUT2D eigenvalue weighted by Gasteiger charge is 2.56. The van der Waals surface area contributed by atoms with Gasteiger partial charge in [-0.2, -0.15) is 4.90 Å². The number of ether oxygens (including phenoxy) is 2. The minimum absolute atomic E-state index is 0.0138. The van der Waals surface area contributed by atoms with E-state index in [1.807, 2.05) is 0 Å². The van der Waals surface area contributed by atoms with E-state index in [1.165, 1.54) is 4.90 Å². The zero-order valence-corrected chi connectivity index (χ0v) is 17.3. The first kappa shape index (κ1) is 21.8. The molecule has 1 spiro atoms. The first-order chi connectivity index (χ1) is 14.1. The molecule has 162 valence electrons. The van der Waals surface area contributed by atoms with Gasteiger partial charge in [-0.1, -0.05) is 0 Å². The summed E-state index contributed by atoms with van der Waals surface area (Å²) in [6, 6.07) is 6.71. The van der Waals surface area contributed by atoms with Crippen LogP contribution < -0.4 is 9.64 Å².